The normalized spacial score (nSPS) is 10.1. The van der Waals surface area contributed by atoms with Crippen LogP contribution in [0.2, 0.25) is 5.02 Å². The van der Waals surface area contributed by atoms with Crippen molar-refractivity contribution in [3.8, 4) is 5.75 Å². The highest BCUT2D eigenvalue weighted by Crippen LogP contribution is 2.21. The molecule has 2 aromatic carbocycles. The van der Waals surface area contributed by atoms with Gasteiger partial charge in [-0.05, 0) is 23.8 Å². The van der Waals surface area contributed by atoms with Gasteiger partial charge in [0.1, 0.15) is 5.75 Å². The van der Waals surface area contributed by atoms with Crippen molar-refractivity contribution in [1.29, 1.82) is 0 Å². The maximum atomic E-state index is 11.9. The number of halogens is 1. The first-order chi connectivity index (χ1) is 8.66. The molecule has 0 heterocycles. The molecule has 4 heteroatoms. The van der Waals surface area contributed by atoms with Crippen molar-refractivity contribution in [1.82, 2.24) is 5.32 Å². The van der Waals surface area contributed by atoms with Gasteiger partial charge in [0, 0.05) is 6.54 Å². The van der Waals surface area contributed by atoms with E-state index in [-0.39, 0.29) is 17.2 Å². The molecule has 0 spiro atoms. The summed E-state index contributed by atoms with van der Waals surface area (Å²) in [6.07, 6.45) is 0. The minimum absolute atomic E-state index is 0.0178. The first-order valence-corrected chi connectivity index (χ1v) is 5.85. The summed E-state index contributed by atoms with van der Waals surface area (Å²) >= 11 is 5.90. The largest absolute Gasteiger partial charge is 0.508 e. The SMILES string of the molecule is O=C(NCc1ccccc1)c1cc(O)ccc1Cl. The van der Waals surface area contributed by atoms with Crippen LogP contribution in [0.15, 0.2) is 48.5 Å². The highest BCUT2D eigenvalue weighted by Gasteiger charge is 2.10. The minimum Gasteiger partial charge on any atom is -0.508 e. The summed E-state index contributed by atoms with van der Waals surface area (Å²) in [6.45, 7) is 0.422. The molecule has 0 radical (unpaired) electrons. The maximum absolute atomic E-state index is 11.9. The molecule has 0 atom stereocenters. The van der Waals surface area contributed by atoms with Crippen LogP contribution in [-0.4, -0.2) is 11.0 Å². The van der Waals surface area contributed by atoms with E-state index in [2.05, 4.69) is 5.32 Å². The Morgan fingerprint density at radius 2 is 1.89 bits per heavy atom. The van der Waals surface area contributed by atoms with Crippen molar-refractivity contribution in [2.24, 2.45) is 0 Å². The van der Waals surface area contributed by atoms with Gasteiger partial charge in [-0.1, -0.05) is 41.9 Å². The summed E-state index contributed by atoms with van der Waals surface area (Å²) in [5.41, 5.74) is 1.27. The predicted molar refractivity (Wildman–Crippen MR) is 70.7 cm³/mol. The van der Waals surface area contributed by atoms with E-state index in [0.29, 0.717) is 11.6 Å². The molecule has 2 aromatic rings. The summed E-state index contributed by atoms with van der Waals surface area (Å²) in [7, 11) is 0. The molecule has 0 aliphatic rings. The van der Waals surface area contributed by atoms with Crippen molar-refractivity contribution in [2.75, 3.05) is 0 Å². The lowest BCUT2D eigenvalue weighted by Crippen LogP contribution is -2.23. The Balaban J connectivity index is 2.06. The van der Waals surface area contributed by atoms with Crippen LogP contribution < -0.4 is 5.32 Å². The molecule has 2 rings (SSSR count). The van der Waals surface area contributed by atoms with Gasteiger partial charge in [-0.15, -0.1) is 0 Å². The van der Waals surface area contributed by atoms with Gasteiger partial charge in [-0.3, -0.25) is 4.79 Å². The van der Waals surface area contributed by atoms with Crippen molar-refractivity contribution in [3.63, 3.8) is 0 Å². The Morgan fingerprint density at radius 3 is 2.61 bits per heavy atom. The lowest BCUT2D eigenvalue weighted by Gasteiger charge is -2.07. The Bertz CT molecular complexity index is 555. The van der Waals surface area contributed by atoms with Gasteiger partial charge in [-0.25, -0.2) is 0 Å². The van der Waals surface area contributed by atoms with E-state index >= 15 is 0 Å². The van der Waals surface area contributed by atoms with Crippen LogP contribution in [0.1, 0.15) is 15.9 Å². The number of rotatable bonds is 3. The van der Waals surface area contributed by atoms with E-state index in [9.17, 15) is 9.90 Å². The van der Waals surface area contributed by atoms with Crippen LogP contribution in [0.3, 0.4) is 0 Å². The molecule has 92 valence electrons. The fourth-order valence-electron chi connectivity index (χ4n) is 1.56. The van der Waals surface area contributed by atoms with Crippen molar-refractivity contribution >= 4 is 17.5 Å². The molecule has 1 amide bonds. The Hall–Kier alpha value is -2.00. The Kier molecular flexibility index (Phi) is 3.85. The summed E-state index contributed by atoms with van der Waals surface area (Å²) in [5.74, 6) is -0.288. The third kappa shape index (κ3) is 3.02. The maximum Gasteiger partial charge on any atom is 0.253 e. The summed E-state index contributed by atoms with van der Waals surface area (Å²) in [6, 6.07) is 13.9. The molecule has 0 bridgehead atoms. The van der Waals surface area contributed by atoms with Crippen LogP contribution >= 0.6 is 11.6 Å². The molecular formula is C14H12ClNO2. The van der Waals surface area contributed by atoms with Gasteiger partial charge < -0.3 is 10.4 Å². The molecule has 18 heavy (non-hydrogen) atoms. The number of benzene rings is 2. The third-order valence-electron chi connectivity index (χ3n) is 2.49. The zero-order valence-corrected chi connectivity index (χ0v) is 10.3. The van der Waals surface area contributed by atoms with Crippen LogP contribution in [0.4, 0.5) is 0 Å². The van der Waals surface area contributed by atoms with E-state index in [1.54, 1.807) is 0 Å². The smallest absolute Gasteiger partial charge is 0.253 e. The standard InChI is InChI=1S/C14H12ClNO2/c15-13-7-6-11(17)8-12(13)14(18)16-9-10-4-2-1-3-5-10/h1-8,17H,9H2,(H,16,18). The molecule has 0 saturated carbocycles. The van der Waals surface area contributed by atoms with Crippen LogP contribution in [-0.2, 0) is 6.54 Å². The third-order valence-corrected chi connectivity index (χ3v) is 2.82. The Morgan fingerprint density at radius 1 is 1.17 bits per heavy atom. The molecular weight excluding hydrogens is 250 g/mol. The Labute approximate surface area is 110 Å². The van der Waals surface area contributed by atoms with E-state index < -0.39 is 0 Å². The molecule has 0 fully saturated rings. The summed E-state index contributed by atoms with van der Waals surface area (Å²) < 4.78 is 0. The highest BCUT2D eigenvalue weighted by molar-refractivity contribution is 6.33. The first-order valence-electron chi connectivity index (χ1n) is 5.47. The number of hydrogen-bond donors (Lipinski definition) is 2. The monoisotopic (exact) mass is 261 g/mol. The second-order valence-corrected chi connectivity index (χ2v) is 4.24. The molecule has 0 unspecified atom stereocenters. The minimum atomic E-state index is -0.306. The van der Waals surface area contributed by atoms with Crippen LogP contribution in [0.25, 0.3) is 0 Å². The van der Waals surface area contributed by atoms with E-state index in [0.717, 1.165) is 5.56 Å². The number of nitrogens with one attached hydrogen (secondary N) is 1. The molecule has 3 nitrogen and oxygen atoms in total. The lowest BCUT2D eigenvalue weighted by atomic mass is 10.2. The lowest BCUT2D eigenvalue weighted by molar-refractivity contribution is 0.0950. The zero-order chi connectivity index (χ0) is 13.0. The molecule has 0 saturated heterocycles. The van der Waals surface area contributed by atoms with Crippen molar-refractivity contribution in [3.05, 3.63) is 64.7 Å². The topological polar surface area (TPSA) is 49.3 Å². The first kappa shape index (κ1) is 12.5. The van der Waals surface area contributed by atoms with Gasteiger partial charge in [0.15, 0.2) is 0 Å². The van der Waals surface area contributed by atoms with Gasteiger partial charge in [-0.2, -0.15) is 0 Å². The van der Waals surface area contributed by atoms with E-state index in [4.69, 9.17) is 11.6 Å². The van der Waals surface area contributed by atoms with Crippen LogP contribution in [0.5, 0.6) is 5.75 Å². The number of amides is 1. The highest BCUT2D eigenvalue weighted by atomic mass is 35.5. The molecule has 0 aliphatic heterocycles. The number of aromatic hydroxyl groups is 1. The van der Waals surface area contributed by atoms with E-state index in [1.807, 2.05) is 30.3 Å². The number of hydrogen-bond acceptors (Lipinski definition) is 2. The fraction of sp³-hybridized carbons (Fsp3) is 0.0714. The summed E-state index contributed by atoms with van der Waals surface area (Å²) in [5, 5.41) is 12.4. The molecule has 2 N–H and O–H groups in total. The predicted octanol–water partition coefficient (Wildman–Crippen LogP) is 2.98. The average molecular weight is 262 g/mol. The fourth-order valence-corrected chi connectivity index (χ4v) is 1.76. The number of phenolic OH excluding ortho intramolecular Hbond substituents is 1. The molecule has 0 aliphatic carbocycles. The number of carbonyl (C=O) groups excluding carboxylic acids is 1. The quantitative estimate of drug-likeness (QED) is 0.892. The summed E-state index contributed by atoms with van der Waals surface area (Å²) in [4.78, 5) is 11.9. The van der Waals surface area contributed by atoms with Crippen molar-refractivity contribution < 1.29 is 9.90 Å². The second kappa shape index (κ2) is 5.56. The van der Waals surface area contributed by atoms with Gasteiger partial charge in [0.25, 0.3) is 5.91 Å². The number of phenols is 1. The van der Waals surface area contributed by atoms with Crippen LogP contribution in [0, 0.1) is 0 Å². The van der Waals surface area contributed by atoms with Gasteiger partial charge in [0.05, 0.1) is 10.6 Å². The molecule has 0 aromatic heterocycles. The van der Waals surface area contributed by atoms with Gasteiger partial charge >= 0.3 is 0 Å². The van der Waals surface area contributed by atoms with Crippen molar-refractivity contribution in [2.45, 2.75) is 6.54 Å². The van der Waals surface area contributed by atoms with E-state index in [1.165, 1.54) is 18.2 Å². The number of carbonyl (C=O) groups is 1. The zero-order valence-electron chi connectivity index (χ0n) is 9.56. The second-order valence-electron chi connectivity index (χ2n) is 3.83. The van der Waals surface area contributed by atoms with Gasteiger partial charge in [0.2, 0.25) is 0 Å². The average Bonchev–Trinajstić information content (AvgIpc) is 2.40.